The van der Waals surface area contributed by atoms with Crippen LogP contribution in [0.25, 0.3) is 6.08 Å². The zero-order valence-corrected chi connectivity index (χ0v) is 12.6. The molecule has 0 fully saturated rings. The molecule has 0 N–H and O–H groups in total. The van der Waals surface area contributed by atoms with Gasteiger partial charge in [-0.25, -0.2) is 0 Å². The molecule has 0 aliphatic heterocycles. The van der Waals surface area contributed by atoms with Gasteiger partial charge >= 0.3 is 0 Å². The van der Waals surface area contributed by atoms with E-state index in [0.717, 1.165) is 5.56 Å². The van der Waals surface area contributed by atoms with Gasteiger partial charge in [0.05, 0.1) is 4.92 Å². The number of alkyl halides is 1. The number of ketones is 1. The summed E-state index contributed by atoms with van der Waals surface area (Å²) >= 11 is 3.31. The lowest BCUT2D eigenvalue weighted by Gasteiger charge is -2.04. The maximum absolute atomic E-state index is 12.3. The van der Waals surface area contributed by atoms with Crippen molar-refractivity contribution in [2.75, 3.05) is 5.33 Å². The molecule has 2 aromatic carbocycles. The lowest BCUT2D eigenvalue weighted by Crippen LogP contribution is -2.04. The van der Waals surface area contributed by atoms with E-state index in [2.05, 4.69) is 15.9 Å². The summed E-state index contributed by atoms with van der Waals surface area (Å²) in [5.74, 6) is -0.0640. The van der Waals surface area contributed by atoms with E-state index in [4.69, 9.17) is 0 Å². The van der Waals surface area contributed by atoms with Crippen molar-refractivity contribution in [1.29, 1.82) is 0 Å². The maximum Gasteiger partial charge on any atom is 0.269 e. The summed E-state index contributed by atoms with van der Waals surface area (Å²) in [5.41, 5.74) is 1.99. The van der Waals surface area contributed by atoms with E-state index in [1.807, 2.05) is 18.2 Å². The molecule has 2 aromatic rings. The number of non-ortho nitro benzene ring substituents is 1. The number of benzene rings is 2. The number of carbonyl (C=O) groups is 1. The number of nitro benzene ring substituents is 1. The van der Waals surface area contributed by atoms with Crippen molar-refractivity contribution in [3.8, 4) is 0 Å². The summed E-state index contributed by atoms with van der Waals surface area (Å²) in [7, 11) is 0. The second-order valence-corrected chi connectivity index (χ2v) is 4.91. The Balaban J connectivity index is 2.28. The van der Waals surface area contributed by atoms with Crippen molar-refractivity contribution in [2.45, 2.75) is 0 Å². The van der Waals surface area contributed by atoms with Gasteiger partial charge in [0.15, 0.2) is 5.78 Å². The fourth-order valence-corrected chi connectivity index (χ4v) is 2.25. The van der Waals surface area contributed by atoms with Gasteiger partial charge in [0.1, 0.15) is 0 Å². The number of rotatable bonds is 5. The fourth-order valence-electron chi connectivity index (χ4n) is 1.83. The van der Waals surface area contributed by atoms with Gasteiger partial charge in [-0.05, 0) is 23.8 Å². The highest BCUT2D eigenvalue weighted by Crippen LogP contribution is 2.17. The average Bonchev–Trinajstić information content (AvgIpc) is 2.53. The summed E-state index contributed by atoms with van der Waals surface area (Å²) < 4.78 is 0. The number of nitro groups is 1. The fraction of sp³-hybridized carbons (Fsp3) is 0.0625. The number of Topliss-reactive ketones (excluding diaryl/α,β-unsaturated/α-hetero) is 1. The molecule has 0 aliphatic rings. The van der Waals surface area contributed by atoms with Gasteiger partial charge in [-0.3, -0.25) is 14.9 Å². The minimum Gasteiger partial charge on any atom is -0.289 e. The molecule has 2 rings (SSSR count). The van der Waals surface area contributed by atoms with Crippen LogP contribution in [0.3, 0.4) is 0 Å². The van der Waals surface area contributed by atoms with Gasteiger partial charge in [0.25, 0.3) is 5.69 Å². The molecule has 0 heterocycles. The second-order valence-electron chi connectivity index (χ2n) is 4.35. The van der Waals surface area contributed by atoms with Crippen molar-refractivity contribution in [1.82, 2.24) is 0 Å². The van der Waals surface area contributed by atoms with E-state index < -0.39 is 4.92 Å². The predicted octanol–water partition coefficient (Wildman–Crippen LogP) is 4.26. The van der Waals surface area contributed by atoms with E-state index in [9.17, 15) is 14.9 Å². The highest BCUT2D eigenvalue weighted by atomic mass is 79.9. The van der Waals surface area contributed by atoms with E-state index in [1.54, 1.807) is 30.3 Å². The van der Waals surface area contributed by atoms with Gasteiger partial charge in [-0.15, -0.1) is 0 Å². The van der Waals surface area contributed by atoms with Gasteiger partial charge in [-0.2, -0.15) is 0 Å². The molecule has 0 bridgehead atoms. The zero-order chi connectivity index (χ0) is 15.2. The molecule has 21 heavy (non-hydrogen) atoms. The van der Waals surface area contributed by atoms with E-state index in [0.29, 0.717) is 16.5 Å². The van der Waals surface area contributed by atoms with Crippen molar-refractivity contribution >= 4 is 33.5 Å². The normalized spacial score (nSPS) is 11.2. The third-order valence-electron chi connectivity index (χ3n) is 2.92. The molecule has 0 saturated heterocycles. The molecular weight excluding hydrogens is 334 g/mol. The summed E-state index contributed by atoms with van der Waals surface area (Å²) in [6, 6.07) is 15.1. The number of halogens is 1. The Bertz CT molecular complexity index is 678. The van der Waals surface area contributed by atoms with Crippen LogP contribution in [-0.2, 0) is 0 Å². The minimum absolute atomic E-state index is 0.0296. The molecule has 0 amide bonds. The highest BCUT2D eigenvalue weighted by Gasteiger charge is 2.11. The van der Waals surface area contributed by atoms with Gasteiger partial charge in [-0.1, -0.05) is 46.3 Å². The van der Waals surface area contributed by atoms with Crippen LogP contribution >= 0.6 is 15.9 Å². The summed E-state index contributed by atoms with van der Waals surface area (Å²) in [5, 5.41) is 11.0. The van der Waals surface area contributed by atoms with Crippen molar-refractivity contribution in [3.05, 3.63) is 81.4 Å². The van der Waals surface area contributed by atoms with Crippen LogP contribution in [0.5, 0.6) is 0 Å². The van der Waals surface area contributed by atoms with Crippen LogP contribution in [0, 0.1) is 10.1 Å². The van der Waals surface area contributed by atoms with Crippen LogP contribution in [0.2, 0.25) is 0 Å². The number of hydrogen-bond donors (Lipinski definition) is 0. The zero-order valence-electron chi connectivity index (χ0n) is 11.0. The van der Waals surface area contributed by atoms with Crippen molar-refractivity contribution in [2.24, 2.45) is 0 Å². The topological polar surface area (TPSA) is 60.2 Å². The van der Waals surface area contributed by atoms with Crippen LogP contribution in [-0.4, -0.2) is 16.0 Å². The molecule has 0 atom stereocenters. The minimum atomic E-state index is -0.450. The third kappa shape index (κ3) is 3.86. The Kier molecular flexibility index (Phi) is 5.00. The van der Waals surface area contributed by atoms with E-state index in [1.165, 1.54) is 12.1 Å². The lowest BCUT2D eigenvalue weighted by atomic mass is 10.0. The first-order valence-corrected chi connectivity index (χ1v) is 7.34. The molecule has 0 aliphatic carbocycles. The molecule has 4 nitrogen and oxygen atoms in total. The van der Waals surface area contributed by atoms with Gasteiger partial charge < -0.3 is 0 Å². The van der Waals surface area contributed by atoms with Crippen LogP contribution < -0.4 is 0 Å². The quantitative estimate of drug-likeness (QED) is 0.267. The predicted molar refractivity (Wildman–Crippen MR) is 85.6 cm³/mol. The number of nitrogens with zero attached hydrogens (tertiary/aromatic N) is 1. The summed E-state index contributed by atoms with van der Waals surface area (Å²) in [6.45, 7) is 0. The monoisotopic (exact) mass is 345 g/mol. The van der Waals surface area contributed by atoms with Crippen molar-refractivity contribution < 1.29 is 9.72 Å². The number of hydrogen-bond acceptors (Lipinski definition) is 3. The first kappa shape index (κ1) is 15.1. The molecule has 0 aromatic heterocycles. The molecule has 0 spiro atoms. The average molecular weight is 346 g/mol. The third-order valence-corrected chi connectivity index (χ3v) is 3.52. The van der Waals surface area contributed by atoms with Crippen LogP contribution in [0.4, 0.5) is 5.69 Å². The molecular formula is C16H12BrNO3. The Hall–Kier alpha value is -2.27. The second kappa shape index (κ2) is 6.95. The Morgan fingerprint density at radius 3 is 2.24 bits per heavy atom. The van der Waals surface area contributed by atoms with Crippen molar-refractivity contribution in [3.63, 3.8) is 0 Å². The molecule has 0 unspecified atom stereocenters. The Morgan fingerprint density at radius 1 is 1.10 bits per heavy atom. The number of allylic oxidation sites excluding steroid dienone is 1. The molecule has 106 valence electrons. The lowest BCUT2D eigenvalue weighted by molar-refractivity contribution is -0.384. The molecule has 5 heteroatoms. The van der Waals surface area contributed by atoms with E-state index in [-0.39, 0.29) is 11.5 Å². The standard InChI is InChI=1S/C16H12BrNO3/c17-11-14(16(19)13-4-2-1-3-5-13)10-12-6-8-15(9-7-12)18(20)21/h1-10H,11H2/b14-10+. The van der Waals surface area contributed by atoms with Gasteiger partial charge in [0.2, 0.25) is 0 Å². The molecule has 0 radical (unpaired) electrons. The largest absolute Gasteiger partial charge is 0.289 e. The maximum atomic E-state index is 12.3. The smallest absolute Gasteiger partial charge is 0.269 e. The summed E-state index contributed by atoms with van der Waals surface area (Å²) in [4.78, 5) is 22.5. The van der Waals surface area contributed by atoms with Gasteiger partial charge in [0, 0.05) is 28.6 Å². The first-order chi connectivity index (χ1) is 10.1. The van der Waals surface area contributed by atoms with Crippen LogP contribution in [0.15, 0.2) is 60.2 Å². The Morgan fingerprint density at radius 2 is 1.71 bits per heavy atom. The molecule has 0 saturated carbocycles. The number of carbonyl (C=O) groups excluding carboxylic acids is 1. The summed E-state index contributed by atoms with van der Waals surface area (Å²) in [6.07, 6.45) is 1.73. The van der Waals surface area contributed by atoms with E-state index >= 15 is 0 Å². The first-order valence-electron chi connectivity index (χ1n) is 6.22. The highest BCUT2D eigenvalue weighted by molar-refractivity contribution is 9.09. The van der Waals surface area contributed by atoms with Crippen LogP contribution in [0.1, 0.15) is 15.9 Å². The SMILES string of the molecule is O=C(/C(=C/c1ccc([N+](=O)[O-])cc1)CBr)c1ccccc1. The Labute approximate surface area is 130 Å².